The molecule has 1 saturated carbocycles. The van der Waals surface area contributed by atoms with Gasteiger partial charge in [0.2, 0.25) is 0 Å². The van der Waals surface area contributed by atoms with Crippen molar-refractivity contribution in [3.63, 3.8) is 0 Å². The van der Waals surface area contributed by atoms with E-state index in [1.165, 1.54) is 74.2 Å². The Labute approximate surface area is 404 Å². The summed E-state index contributed by atoms with van der Waals surface area (Å²) in [6.45, 7) is 9.63. The number of para-hydroxylation sites is 2. The summed E-state index contributed by atoms with van der Waals surface area (Å²) in [5.74, 6) is 1.27. The van der Waals surface area contributed by atoms with E-state index in [1.807, 2.05) is 0 Å². The molecule has 2 aliphatic carbocycles. The minimum atomic E-state index is -0.173. The van der Waals surface area contributed by atoms with Gasteiger partial charge in [0.25, 0.3) is 0 Å². The third kappa shape index (κ3) is 7.82. The molecule has 68 heavy (non-hydrogen) atoms. The molecule has 0 radical (unpaired) electrons. The highest BCUT2D eigenvalue weighted by molar-refractivity contribution is 5.94. The lowest BCUT2D eigenvalue weighted by Crippen LogP contribution is -2.36. The number of benzene rings is 9. The number of fused-ring (bicyclic) bond motifs is 3. The van der Waals surface area contributed by atoms with Crippen molar-refractivity contribution in [3.05, 3.63) is 253 Å². The van der Waals surface area contributed by atoms with E-state index in [-0.39, 0.29) is 10.8 Å². The van der Waals surface area contributed by atoms with Crippen LogP contribution in [0.2, 0.25) is 0 Å². The van der Waals surface area contributed by atoms with Crippen molar-refractivity contribution in [1.82, 2.24) is 0 Å². The maximum absolute atomic E-state index is 2.47. The second-order valence-electron chi connectivity index (χ2n) is 20.0. The molecule has 0 bridgehead atoms. The third-order valence-corrected chi connectivity index (χ3v) is 15.4. The second-order valence-corrected chi connectivity index (χ2v) is 20.0. The van der Waals surface area contributed by atoms with Crippen molar-refractivity contribution in [1.29, 1.82) is 0 Å². The van der Waals surface area contributed by atoms with Gasteiger partial charge in [-0.15, -0.1) is 0 Å². The van der Waals surface area contributed by atoms with Gasteiger partial charge >= 0.3 is 0 Å². The summed E-state index contributed by atoms with van der Waals surface area (Å²) in [5, 5.41) is 0. The van der Waals surface area contributed by atoms with E-state index in [0.29, 0.717) is 11.8 Å². The van der Waals surface area contributed by atoms with Crippen LogP contribution in [0.3, 0.4) is 0 Å². The van der Waals surface area contributed by atoms with Gasteiger partial charge in [-0.25, -0.2) is 0 Å². The lowest BCUT2D eigenvalue weighted by molar-refractivity contribution is 0.207. The summed E-state index contributed by atoms with van der Waals surface area (Å²) < 4.78 is 0. The van der Waals surface area contributed by atoms with Crippen LogP contribution in [0.4, 0.5) is 34.1 Å². The van der Waals surface area contributed by atoms with Gasteiger partial charge in [-0.05, 0) is 153 Å². The summed E-state index contributed by atoms with van der Waals surface area (Å²) in [6, 6.07) is 85.5. The van der Waals surface area contributed by atoms with E-state index in [4.69, 9.17) is 0 Å². The molecule has 2 aliphatic rings. The molecule has 2 heteroatoms. The molecule has 334 valence electrons. The van der Waals surface area contributed by atoms with Crippen molar-refractivity contribution >= 4 is 34.1 Å². The molecule has 1 fully saturated rings. The van der Waals surface area contributed by atoms with Gasteiger partial charge < -0.3 is 9.80 Å². The molecular weight excluding hydrogens is 821 g/mol. The molecule has 9 aromatic rings. The number of anilines is 6. The quantitative estimate of drug-likeness (QED) is 0.128. The Bertz CT molecular complexity index is 3100. The highest BCUT2D eigenvalue weighted by atomic mass is 15.1. The van der Waals surface area contributed by atoms with Crippen LogP contribution in [0.25, 0.3) is 33.4 Å². The minimum absolute atomic E-state index is 0.101. The number of rotatable bonds is 11. The maximum atomic E-state index is 2.47. The van der Waals surface area contributed by atoms with Crippen molar-refractivity contribution < 1.29 is 0 Å². The Morgan fingerprint density at radius 3 is 1.41 bits per heavy atom. The predicted molar refractivity (Wildman–Crippen MR) is 288 cm³/mol. The first-order chi connectivity index (χ1) is 33.3. The highest BCUT2D eigenvalue weighted by Gasteiger charge is 2.41. The van der Waals surface area contributed by atoms with Crippen LogP contribution in [0.5, 0.6) is 0 Å². The van der Waals surface area contributed by atoms with Crippen LogP contribution in [0.15, 0.2) is 231 Å². The maximum Gasteiger partial charge on any atom is 0.0465 e. The zero-order chi connectivity index (χ0) is 46.2. The largest absolute Gasteiger partial charge is 0.311 e. The first kappa shape index (κ1) is 43.2. The van der Waals surface area contributed by atoms with E-state index < -0.39 is 0 Å². The highest BCUT2D eigenvalue weighted by Crippen LogP contribution is 2.54. The molecule has 0 aromatic heterocycles. The van der Waals surface area contributed by atoms with Crippen molar-refractivity contribution in [2.24, 2.45) is 11.8 Å². The SMILES string of the molecule is CC(C)C1CCCC(c2ccc(N(c3ccccc3)c3ccccc3)cc2)(c2ccc(N(c3ccc(-c4ccccc4)cc3)c3ccc4c(c3)C(C)(C)c3cccc(-c5ccccc5)c3-4)cc2)C1. The van der Waals surface area contributed by atoms with Gasteiger partial charge in [-0.2, -0.15) is 0 Å². The fourth-order valence-corrected chi connectivity index (χ4v) is 11.7. The Morgan fingerprint density at radius 1 is 0.412 bits per heavy atom. The molecule has 11 rings (SSSR count). The summed E-state index contributed by atoms with van der Waals surface area (Å²) >= 11 is 0. The van der Waals surface area contributed by atoms with Crippen molar-refractivity contribution in [3.8, 4) is 33.4 Å². The van der Waals surface area contributed by atoms with E-state index >= 15 is 0 Å². The van der Waals surface area contributed by atoms with E-state index in [0.717, 1.165) is 41.3 Å². The van der Waals surface area contributed by atoms with Crippen molar-refractivity contribution in [2.45, 2.75) is 64.2 Å². The summed E-state index contributed by atoms with van der Waals surface area (Å²) in [4.78, 5) is 4.84. The van der Waals surface area contributed by atoms with Crippen molar-refractivity contribution in [2.75, 3.05) is 9.80 Å². The molecular formula is C66H60N2. The lowest BCUT2D eigenvalue weighted by Gasteiger charge is -2.44. The molecule has 0 heterocycles. The molecule has 0 spiro atoms. The normalized spacial score (nSPS) is 17.0. The van der Waals surface area contributed by atoms with Crippen LogP contribution in [0.1, 0.15) is 75.6 Å². The molecule has 0 saturated heterocycles. The van der Waals surface area contributed by atoms with E-state index in [9.17, 15) is 0 Å². The van der Waals surface area contributed by atoms with Gasteiger partial charge in [-0.1, -0.05) is 198 Å². The van der Waals surface area contributed by atoms with Gasteiger partial charge in [0.15, 0.2) is 0 Å². The Kier molecular flexibility index (Phi) is 11.4. The Hall–Kier alpha value is -7.42. The second kappa shape index (κ2) is 18.0. The molecule has 9 aromatic carbocycles. The zero-order valence-corrected chi connectivity index (χ0v) is 39.8. The lowest BCUT2D eigenvalue weighted by atomic mass is 9.60. The van der Waals surface area contributed by atoms with Crippen LogP contribution < -0.4 is 9.80 Å². The van der Waals surface area contributed by atoms with Gasteiger partial charge in [-0.3, -0.25) is 0 Å². The van der Waals surface area contributed by atoms with Crippen LogP contribution in [-0.2, 0) is 10.8 Å². The fraction of sp³-hybridized carbons (Fsp3) is 0.182. The first-order valence-corrected chi connectivity index (χ1v) is 24.7. The number of nitrogens with zero attached hydrogens (tertiary/aromatic N) is 2. The predicted octanol–water partition coefficient (Wildman–Crippen LogP) is 18.4. The topological polar surface area (TPSA) is 6.48 Å². The van der Waals surface area contributed by atoms with Crippen LogP contribution in [-0.4, -0.2) is 0 Å². The Balaban J connectivity index is 1.01. The monoisotopic (exact) mass is 880 g/mol. The summed E-state index contributed by atoms with van der Waals surface area (Å²) in [5.41, 5.74) is 19.9. The fourth-order valence-electron chi connectivity index (χ4n) is 11.7. The van der Waals surface area contributed by atoms with Gasteiger partial charge in [0, 0.05) is 45.0 Å². The third-order valence-electron chi connectivity index (χ3n) is 15.4. The van der Waals surface area contributed by atoms with Crippen LogP contribution in [0, 0.1) is 11.8 Å². The van der Waals surface area contributed by atoms with Gasteiger partial charge in [0.1, 0.15) is 0 Å². The molecule has 2 unspecified atom stereocenters. The first-order valence-electron chi connectivity index (χ1n) is 24.7. The van der Waals surface area contributed by atoms with E-state index in [1.54, 1.807) is 0 Å². The molecule has 0 amide bonds. The molecule has 0 N–H and O–H groups in total. The minimum Gasteiger partial charge on any atom is -0.311 e. The molecule has 2 atom stereocenters. The molecule has 2 nitrogen and oxygen atoms in total. The smallest absolute Gasteiger partial charge is 0.0465 e. The summed E-state index contributed by atoms with van der Waals surface area (Å²) in [7, 11) is 0. The van der Waals surface area contributed by atoms with Crippen LogP contribution >= 0.6 is 0 Å². The number of hydrogen-bond acceptors (Lipinski definition) is 2. The van der Waals surface area contributed by atoms with Gasteiger partial charge in [0.05, 0.1) is 0 Å². The average molecular weight is 881 g/mol. The zero-order valence-electron chi connectivity index (χ0n) is 39.8. The Morgan fingerprint density at radius 2 is 0.868 bits per heavy atom. The molecule has 0 aliphatic heterocycles. The standard InChI is InChI=1S/C66H60N2/c1-47(2)51-23-18-44-66(46-51,52-32-38-57(39-33-52)67(54-24-13-7-14-25-54)55-26-15-8-16-27-55)53-34-40-58(41-35-53)68(56-36-30-49(31-37-56)48-19-9-5-10-20-48)59-42-43-61-63(45-59)65(3,4)62-29-17-28-60(64(61)62)50-21-11-6-12-22-50/h5-17,19-22,24-43,45,47,51H,18,23,44,46H2,1-4H3. The van der Waals surface area contributed by atoms with E-state index in [2.05, 4.69) is 268 Å². The average Bonchev–Trinajstić information content (AvgIpc) is 3.63. The summed E-state index contributed by atoms with van der Waals surface area (Å²) in [6.07, 6.45) is 4.77. The number of hydrogen-bond donors (Lipinski definition) is 0.